The number of para-hydroxylation sites is 1. The van der Waals surface area contributed by atoms with Crippen molar-refractivity contribution in [3.63, 3.8) is 0 Å². The van der Waals surface area contributed by atoms with Gasteiger partial charge in [0, 0.05) is 21.2 Å². The molecule has 33 heavy (non-hydrogen) atoms. The van der Waals surface area contributed by atoms with Crippen molar-refractivity contribution in [1.82, 2.24) is 0 Å². The average molecular weight is 495 g/mol. The molecule has 1 aliphatic carbocycles. The van der Waals surface area contributed by atoms with E-state index in [1.54, 1.807) is 29.7 Å². The van der Waals surface area contributed by atoms with Gasteiger partial charge < -0.3 is 9.73 Å². The van der Waals surface area contributed by atoms with E-state index in [1.807, 2.05) is 48.5 Å². The molecule has 5 rings (SSSR count). The molecule has 4 nitrogen and oxygen atoms in total. The molecule has 0 atom stereocenters. The predicted octanol–water partition coefficient (Wildman–Crippen LogP) is 8.20. The zero-order valence-electron chi connectivity index (χ0n) is 17.6. The minimum atomic E-state index is -0.124. The number of amides is 1. The molecule has 0 saturated heterocycles. The van der Waals surface area contributed by atoms with Gasteiger partial charge in [0.1, 0.15) is 16.5 Å². The van der Waals surface area contributed by atoms with Crippen molar-refractivity contribution in [2.24, 2.45) is 4.99 Å². The van der Waals surface area contributed by atoms with Crippen molar-refractivity contribution in [1.29, 1.82) is 0 Å². The maximum atomic E-state index is 13.2. The standard InChI is InChI=1S/C26H20Cl2N2O2S/c27-16-10-12-19(21(28)14-16)22-13-11-18(32-22)15-29-26-24(20-8-4-5-9-23(20)33-26)25(31)30-17-6-2-1-3-7-17/h1-3,6-7,10-15H,4-5,8-9H2,(H,30,31). The second kappa shape index (κ2) is 9.56. The molecule has 2 aromatic heterocycles. The Kier molecular flexibility index (Phi) is 6.36. The van der Waals surface area contributed by atoms with Gasteiger partial charge >= 0.3 is 0 Å². The predicted molar refractivity (Wildman–Crippen MR) is 137 cm³/mol. The van der Waals surface area contributed by atoms with Gasteiger partial charge in [-0.25, -0.2) is 4.99 Å². The molecule has 1 amide bonds. The molecule has 166 valence electrons. The first kappa shape index (κ1) is 22.0. The molecule has 4 aromatic rings. The van der Waals surface area contributed by atoms with E-state index in [-0.39, 0.29) is 5.91 Å². The zero-order valence-corrected chi connectivity index (χ0v) is 19.9. The number of hydrogen-bond acceptors (Lipinski definition) is 4. The Labute approximate surface area is 205 Å². The lowest BCUT2D eigenvalue weighted by molar-refractivity contribution is 0.102. The largest absolute Gasteiger partial charge is 0.455 e. The Balaban J connectivity index is 1.44. The van der Waals surface area contributed by atoms with E-state index in [4.69, 9.17) is 27.6 Å². The number of nitrogens with one attached hydrogen (secondary N) is 1. The summed E-state index contributed by atoms with van der Waals surface area (Å²) in [6.45, 7) is 0. The van der Waals surface area contributed by atoms with Gasteiger partial charge in [-0.1, -0.05) is 41.4 Å². The number of furan rings is 1. The minimum Gasteiger partial charge on any atom is -0.455 e. The Morgan fingerprint density at radius 1 is 1.03 bits per heavy atom. The van der Waals surface area contributed by atoms with Crippen molar-refractivity contribution in [2.75, 3.05) is 5.32 Å². The van der Waals surface area contributed by atoms with Crippen molar-refractivity contribution >= 4 is 57.3 Å². The monoisotopic (exact) mass is 494 g/mol. The first-order valence-electron chi connectivity index (χ1n) is 10.7. The average Bonchev–Trinajstić information content (AvgIpc) is 3.43. The smallest absolute Gasteiger partial charge is 0.259 e. The number of aliphatic imine (C=N–C) groups is 1. The maximum Gasteiger partial charge on any atom is 0.259 e. The number of fused-ring (bicyclic) bond motifs is 1. The third-order valence-electron chi connectivity index (χ3n) is 5.54. The maximum absolute atomic E-state index is 13.2. The highest BCUT2D eigenvalue weighted by Crippen LogP contribution is 2.40. The van der Waals surface area contributed by atoms with Crippen LogP contribution in [0.25, 0.3) is 11.3 Å². The first-order valence-corrected chi connectivity index (χ1v) is 12.3. The first-order chi connectivity index (χ1) is 16.1. The van der Waals surface area contributed by atoms with Crippen LogP contribution >= 0.6 is 34.5 Å². The summed E-state index contributed by atoms with van der Waals surface area (Å²) in [7, 11) is 0. The Hall–Kier alpha value is -2.86. The molecular formula is C26H20Cl2N2O2S. The molecule has 1 N–H and O–H groups in total. The third-order valence-corrected chi connectivity index (χ3v) is 7.29. The van der Waals surface area contributed by atoms with Gasteiger partial charge in [-0.15, -0.1) is 11.3 Å². The fraction of sp³-hybridized carbons (Fsp3) is 0.154. The number of hydrogen-bond donors (Lipinski definition) is 1. The molecule has 0 spiro atoms. The molecule has 0 unspecified atom stereocenters. The lowest BCUT2D eigenvalue weighted by Crippen LogP contribution is -2.14. The third kappa shape index (κ3) is 4.76. The summed E-state index contributed by atoms with van der Waals surface area (Å²) < 4.78 is 5.94. The summed E-state index contributed by atoms with van der Waals surface area (Å²) in [6, 6.07) is 18.4. The van der Waals surface area contributed by atoms with E-state index in [0.717, 1.165) is 42.5 Å². The molecule has 7 heteroatoms. The fourth-order valence-corrected chi connectivity index (χ4v) is 5.70. The van der Waals surface area contributed by atoms with E-state index in [0.29, 0.717) is 32.1 Å². The van der Waals surface area contributed by atoms with Gasteiger partial charge in [0.05, 0.1) is 16.8 Å². The highest BCUT2D eigenvalue weighted by Gasteiger charge is 2.25. The van der Waals surface area contributed by atoms with Gasteiger partial charge in [-0.05, 0) is 73.7 Å². The van der Waals surface area contributed by atoms with Crippen molar-refractivity contribution in [3.05, 3.63) is 92.5 Å². The van der Waals surface area contributed by atoms with Gasteiger partial charge in [0.2, 0.25) is 0 Å². The number of thiophene rings is 1. The molecule has 2 aromatic carbocycles. The molecule has 2 heterocycles. The number of benzene rings is 2. The van der Waals surface area contributed by atoms with Crippen LogP contribution in [0.1, 0.15) is 39.4 Å². The number of anilines is 1. The zero-order chi connectivity index (χ0) is 22.8. The second-order valence-corrected chi connectivity index (χ2v) is 9.72. The molecular weight excluding hydrogens is 475 g/mol. The highest BCUT2D eigenvalue weighted by atomic mass is 35.5. The normalized spacial score (nSPS) is 13.3. The number of halogens is 2. The van der Waals surface area contributed by atoms with Crippen LogP contribution in [0, 0.1) is 0 Å². The van der Waals surface area contributed by atoms with Gasteiger partial charge in [0.25, 0.3) is 5.91 Å². The van der Waals surface area contributed by atoms with Gasteiger partial charge in [0.15, 0.2) is 0 Å². The van der Waals surface area contributed by atoms with Crippen LogP contribution in [-0.2, 0) is 12.8 Å². The van der Waals surface area contributed by atoms with Crippen molar-refractivity contribution < 1.29 is 9.21 Å². The van der Waals surface area contributed by atoms with E-state index in [9.17, 15) is 4.79 Å². The molecule has 0 fully saturated rings. The summed E-state index contributed by atoms with van der Waals surface area (Å²) in [6.07, 6.45) is 5.77. The van der Waals surface area contributed by atoms with Crippen LogP contribution in [0.2, 0.25) is 10.0 Å². The highest BCUT2D eigenvalue weighted by molar-refractivity contribution is 7.16. The summed E-state index contributed by atoms with van der Waals surface area (Å²) in [5.74, 6) is 1.09. The lowest BCUT2D eigenvalue weighted by atomic mass is 9.95. The number of carbonyl (C=O) groups excluding carboxylic acids is 1. The molecule has 1 aliphatic rings. The Morgan fingerprint density at radius 3 is 2.67 bits per heavy atom. The van der Waals surface area contributed by atoms with E-state index in [2.05, 4.69) is 10.3 Å². The summed E-state index contributed by atoms with van der Waals surface area (Å²) in [5, 5.41) is 4.81. The van der Waals surface area contributed by atoms with E-state index in [1.165, 1.54) is 4.88 Å². The number of aryl methyl sites for hydroxylation is 1. The van der Waals surface area contributed by atoms with Crippen LogP contribution in [0.15, 0.2) is 70.1 Å². The van der Waals surface area contributed by atoms with Crippen LogP contribution in [0.4, 0.5) is 10.7 Å². The fourth-order valence-electron chi connectivity index (χ4n) is 3.97. The summed E-state index contributed by atoms with van der Waals surface area (Å²) in [4.78, 5) is 19.1. The summed E-state index contributed by atoms with van der Waals surface area (Å²) >= 11 is 13.9. The Bertz CT molecular complexity index is 1340. The number of rotatable bonds is 5. The van der Waals surface area contributed by atoms with Gasteiger partial charge in [-0.3, -0.25) is 4.79 Å². The van der Waals surface area contributed by atoms with Crippen molar-refractivity contribution in [2.45, 2.75) is 25.7 Å². The molecule has 0 bridgehead atoms. The van der Waals surface area contributed by atoms with Crippen LogP contribution in [-0.4, -0.2) is 12.1 Å². The minimum absolute atomic E-state index is 0.124. The van der Waals surface area contributed by atoms with Crippen LogP contribution in [0.3, 0.4) is 0 Å². The topological polar surface area (TPSA) is 54.6 Å². The molecule has 0 radical (unpaired) electrons. The lowest BCUT2D eigenvalue weighted by Gasteiger charge is -2.12. The van der Waals surface area contributed by atoms with Gasteiger partial charge in [-0.2, -0.15) is 0 Å². The van der Waals surface area contributed by atoms with Crippen molar-refractivity contribution in [3.8, 4) is 11.3 Å². The SMILES string of the molecule is O=C(Nc1ccccc1)c1c(N=Cc2ccc(-c3ccc(Cl)cc3Cl)o2)sc2c1CCCC2. The second-order valence-electron chi connectivity index (χ2n) is 7.80. The van der Waals surface area contributed by atoms with E-state index < -0.39 is 0 Å². The number of carbonyl (C=O) groups is 1. The van der Waals surface area contributed by atoms with E-state index >= 15 is 0 Å². The van der Waals surface area contributed by atoms with Crippen LogP contribution < -0.4 is 5.32 Å². The van der Waals surface area contributed by atoms with Crippen LogP contribution in [0.5, 0.6) is 0 Å². The summed E-state index contributed by atoms with van der Waals surface area (Å²) in [5.41, 5.74) is 3.32. The number of nitrogens with zero attached hydrogens (tertiary/aromatic N) is 1. The molecule has 0 saturated carbocycles. The Morgan fingerprint density at radius 2 is 1.85 bits per heavy atom. The quantitative estimate of drug-likeness (QED) is 0.284. The molecule has 0 aliphatic heterocycles.